The molecule has 3 rings (SSSR count). The normalized spacial score (nSPS) is 26.5. The van der Waals surface area contributed by atoms with E-state index in [1.54, 1.807) is 0 Å². The highest BCUT2D eigenvalue weighted by Gasteiger charge is 2.48. The van der Waals surface area contributed by atoms with Gasteiger partial charge in [-0.2, -0.15) is 0 Å². The van der Waals surface area contributed by atoms with E-state index in [9.17, 15) is 21.6 Å². The van der Waals surface area contributed by atoms with Gasteiger partial charge in [-0.25, -0.2) is 16.8 Å². The Morgan fingerprint density at radius 2 is 1.77 bits per heavy atom. The molecule has 2 saturated heterocycles. The van der Waals surface area contributed by atoms with E-state index in [1.807, 2.05) is 4.90 Å². The number of morpholine rings is 1. The number of nitrogens with one attached hydrogen (secondary N) is 1. The number of carbonyl (C=O) groups excluding carboxylic acids is 1. The molecule has 2 aliphatic heterocycles. The molecule has 0 bridgehead atoms. The summed E-state index contributed by atoms with van der Waals surface area (Å²) in [7, 11) is -7.26. The quantitative estimate of drug-likeness (QED) is 0.750. The van der Waals surface area contributed by atoms with Crippen molar-refractivity contribution in [3.05, 3.63) is 24.3 Å². The smallest absolute Gasteiger partial charge is 0.221 e. The summed E-state index contributed by atoms with van der Waals surface area (Å²) in [5.41, 5.74) is 0.486. The highest BCUT2D eigenvalue weighted by Crippen LogP contribution is 2.30. The van der Waals surface area contributed by atoms with Gasteiger partial charge < -0.3 is 10.1 Å². The van der Waals surface area contributed by atoms with Crippen molar-refractivity contribution in [2.24, 2.45) is 0 Å². The number of rotatable bonds is 4. The molecule has 2 aliphatic rings. The van der Waals surface area contributed by atoms with Crippen LogP contribution in [-0.4, -0.2) is 76.7 Å². The van der Waals surface area contributed by atoms with Crippen molar-refractivity contribution < 1.29 is 26.4 Å². The maximum Gasteiger partial charge on any atom is 0.221 e. The minimum Gasteiger partial charge on any atom is -0.379 e. The van der Waals surface area contributed by atoms with Crippen molar-refractivity contribution in [1.29, 1.82) is 0 Å². The molecule has 0 aliphatic carbocycles. The van der Waals surface area contributed by atoms with Gasteiger partial charge in [-0.3, -0.25) is 9.69 Å². The number of sulfone groups is 2. The molecule has 0 aromatic heterocycles. The fourth-order valence-corrected chi connectivity index (χ4v) is 8.28. The number of anilines is 1. The number of ether oxygens (including phenoxy) is 1. The van der Waals surface area contributed by atoms with Crippen LogP contribution < -0.4 is 5.32 Å². The first-order valence-electron chi connectivity index (χ1n) is 8.33. The Morgan fingerprint density at radius 3 is 2.35 bits per heavy atom. The predicted molar refractivity (Wildman–Crippen MR) is 96.6 cm³/mol. The van der Waals surface area contributed by atoms with Crippen LogP contribution in [0.3, 0.4) is 0 Å². The van der Waals surface area contributed by atoms with E-state index in [2.05, 4.69) is 5.32 Å². The van der Waals surface area contributed by atoms with Crippen molar-refractivity contribution in [2.75, 3.05) is 43.1 Å². The molecule has 8 nitrogen and oxygen atoms in total. The zero-order valence-electron chi connectivity index (χ0n) is 14.4. The van der Waals surface area contributed by atoms with Crippen molar-refractivity contribution >= 4 is 31.3 Å². The molecular formula is C16H22N2O6S2. The number of hydrogen-bond donors (Lipinski definition) is 1. The number of nitrogens with zero attached hydrogens (tertiary/aromatic N) is 1. The van der Waals surface area contributed by atoms with E-state index < -0.39 is 31.0 Å². The second kappa shape index (κ2) is 7.26. The zero-order valence-corrected chi connectivity index (χ0v) is 16.1. The Morgan fingerprint density at radius 1 is 1.15 bits per heavy atom. The van der Waals surface area contributed by atoms with E-state index in [-0.39, 0.29) is 22.3 Å². The lowest BCUT2D eigenvalue weighted by atomic mass is 10.2. The average Bonchev–Trinajstić information content (AvgIpc) is 2.92. The molecule has 0 saturated carbocycles. The molecule has 2 heterocycles. The molecule has 26 heavy (non-hydrogen) atoms. The molecule has 0 radical (unpaired) electrons. The van der Waals surface area contributed by atoms with Gasteiger partial charge in [0.25, 0.3) is 0 Å². The van der Waals surface area contributed by atoms with Crippen LogP contribution in [0.15, 0.2) is 29.2 Å². The molecule has 144 valence electrons. The van der Waals surface area contributed by atoms with E-state index >= 15 is 0 Å². The second-order valence-corrected chi connectivity index (χ2v) is 10.9. The standard InChI is InChI=1S/C16H22N2O6S2/c1-12(19)17-13-2-4-14(5-3-13)26(22,23)16-11-25(20,21)10-15(16)18-6-8-24-9-7-18/h2-5,15-16H,6-11H2,1H3,(H,17,19)/t15-,16-/m0/s1. The molecule has 1 aromatic carbocycles. The minimum absolute atomic E-state index is 0.0620. The molecule has 1 N–H and O–H groups in total. The van der Waals surface area contributed by atoms with Crippen LogP contribution in [-0.2, 0) is 29.2 Å². The van der Waals surface area contributed by atoms with Crippen molar-refractivity contribution in [2.45, 2.75) is 23.1 Å². The van der Waals surface area contributed by atoms with Crippen molar-refractivity contribution in [1.82, 2.24) is 4.90 Å². The third-order valence-electron chi connectivity index (χ3n) is 4.69. The third-order valence-corrected chi connectivity index (χ3v) is 8.82. The van der Waals surface area contributed by atoms with Crippen LogP contribution in [0, 0.1) is 0 Å². The van der Waals surface area contributed by atoms with Crippen LogP contribution >= 0.6 is 0 Å². The summed E-state index contributed by atoms with van der Waals surface area (Å²) in [5, 5.41) is 1.57. The molecule has 0 unspecified atom stereocenters. The van der Waals surface area contributed by atoms with Crippen LogP contribution in [0.5, 0.6) is 0 Å². The van der Waals surface area contributed by atoms with E-state index in [1.165, 1.54) is 31.2 Å². The Hall–Kier alpha value is -1.49. The maximum atomic E-state index is 13.1. The summed E-state index contributed by atoms with van der Waals surface area (Å²) >= 11 is 0. The Balaban J connectivity index is 1.89. The minimum atomic E-state index is -3.83. The summed E-state index contributed by atoms with van der Waals surface area (Å²) in [5.74, 6) is -0.777. The SMILES string of the molecule is CC(=O)Nc1ccc(S(=O)(=O)[C@H]2CS(=O)(=O)C[C@@H]2N2CCOCC2)cc1. The third kappa shape index (κ3) is 4.08. The Bertz CT molecular complexity index is 874. The van der Waals surface area contributed by atoms with Gasteiger partial charge in [-0.15, -0.1) is 0 Å². The summed E-state index contributed by atoms with van der Waals surface area (Å²) in [6.07, 6.45) is 0. The zero-order chi connectivity index (χ0) is 18.9. The fourth-order valence-electron chi connectivity index (χ4n) is 3.45. The maximum absolute atomic E-state index is 13.1. The van der Waals surface area contributed by atoms with E-state index in [0.29, 0.717) is 32.0 Å². The highest BCUT2D eigenvalue weighted by atomic mass is 32.2. The topological polar surface area (TPSA) is 110 Å². The number of amides is 1. The van der Waals surface area contributed by atoms with Gasteiger partial charge in [-0.1, -0.05) is 0 Å². The highest BCUT2D eigenvalue weighted by molar-refractivity contribution is 7.96. The van der Waals surface area contributed by atoms with E-state index in [0.717, 1.165) is 0 Å². The monoisotopic (exact) mass is 402 g/mol. The molecule has 0 spiro atoms. The predicted octanol–water partition coefficient (Wildman–Crippen LogP) is -0.0835. The first-order valence-corrected chi connectivity index (χ1v) is 11.7. The van der Waals surface area contributed by atoms with E-state index in [4.69, 9.17) is 4.74 Å². The molecule has 10 heteroatoms. The average molecular weight is 402 g/mol. The Kier molecular flexibility index (Phi) is 5.38. The van der Waals surface area contributed by atoms with Crippen molar-refractivity contribution in [3.63, 3.8) is 0 Å². The van der Waals surface area contributed by atoms with Crippen LogP contribution in [0.1, 0.15) is 6.92 Å². The molecule has 2 atom stereocenters. The van der Waals surface area contributed by atoms with Gasteiger partial charge in [0.15, 0.2) is 19.7 Å². The molecule has 2 fully saturated rings. The molecule has 1 amide bonds. The van der Waals surface area contributed by atoms with Crippen LogP contribution in [0.2, 0.25) is 0 Å². The molecular weight excluding hydrogens is 380 g/mol. The van der Waals surface area contributed by atoms with Gasteiger partial charge >= 0.3 is 0 Å². The van der Waals surface area contributed by atoms with Gasteiger partial charge in [0.05, 0.1) is 34.9 Å². The van der Waals surface area contributed by atoms with Crippen LogP contribution in [0.25, 0.3) is 0 Å². The lowest BCUT2D eigenvalue weighted by Gasteiger charge is -2.34. The summed E-state index contributed by atoms with van der Waals surface area (Å²) in [6, 6.07) is 5.25. The van der Waals surface area contributed by atoms with Gasteiger partial charge in [-0.05, 0) is 24.3 Å². The fraction of sp³-hybridized carbons (Fsp3) is 0.562. The largest absolute Gasteiger partial charge is 0.379 e. The van der Waals surface area contributed by atoms with Crippen LogP contribution in [0.4, 0.5) is 5.69 Å². The summed E-state index contributed by atoms with van der Waals surface area (Å²) < 4.78 is 55.8. The first kappa shape index (κ1) is 19.3. The van der Waals surface area contributed by atoms with Gasteiger partial charge in [0, 0.05) is 31.7 Å². The lowest BCUT2D eigenvalue weighted by Crippen LogP contribution is -2.50. The lowest BCUT2D eigenvalue weighted by molar-refractivity contribution is -0.114. The number of benzene rings is 1. The van der Waals surface area contributed by atoms with Crippen molar-refractivity contribution in [3.8, 4) is 0 Å². The summed E-state index contributed by atoms with van der Waals surface area (Å²) in [4.78, 5) is 13.0. The summed E-state index contributed by atoms with van der Waals surface area (Å²) in [6.45, 7) is 3.34. The van der Waals surface area contributed by atoms with Gasteiger partial charge in [0.1, 0.15) is 0 Å². The number of hydrogen-bond acceptors (Lipinski definition) is 7. The second-order valence-electron chi connectivity index (χ2n) is 6.58. The Labute approximate surface area is 153 Å². The van der Waals surface area contributed by atoms with Gasteiger partial charge in [0.2, 0.25) is 5.91 Å². The molecule has 1 aromatic rings. The number of carbonyl (C=O) groups is 1. The first-order chi connectivity index (χ1) is 12.2.